The van der Waals surface area contributed by atoms with E-state index in [9.17, 15) is 4.39 Å². The standard InChI is InChI=1S/C15H16FN/c16-12-6-7-13-11(10-12)4-3-5-14(13)15(17)8-1-2-9-15/h3-7,10H,1-2,8-9,17H2. The van der Waals surface area contributed by atoms with Gasteiger partial charge in [0.1, 0.15) is 5.82 Å². The summed E-state index contributed by atoms with van der Waals surface area (Å²) in [5.41, 5.74) is 7.45. The molecule has 0 amide bonds. The number of fused-ring (bicyclic) bond motifs is 1. The topological polar surface area (TPSA) is 26.0 Å². The number of rotatable bonds is 1. The molecular weight excluding hydrogens is 213 g/mol. The van der Waals surface area contributed by atoms with Crippen molar-refractivity contribution in [1.29, 1.82) is 0 Å². The average molecular weight is 229 g/mol. The van der Waals surface area contributed by atoms with E-state index in [4.69, 9.17) is 5.73 Å². The van der Waals surface area contributed by atoms with Crippen molar-refractivity contribution in [3.8, 4) is 0 Å². The molecule has 0 heterocycles. The van der Waals surface area contributed by atoms with Crippen molar-refractivity contribution in [2.45, 2.75) is 31.2 Å². The van der Waals surface area contributed by atoms with E-state index in [2.05, 4.69) is 6.07 Å². The number of hydrogen-bond acceptors (Lipinski definition) is 1. The van der Waals surface area contributed by atoms with Crippen molar-refractivity contribution >= 4 is 10.8 Å². The third-order valence-corrected chi connectivity index (χ3v) is 3.87. The maximum Gasteiger partial charge on any atom is 0.123 e. The highest BCUT2D eigenvalue weighted by atomic mass is 19.1. The summed E-state index contributed by atoms with van der Waals surface area (Å²) in [6.07, 6.45) is 4.44. The highest BCUT2D eigenvalue weighted by Crippen LogP contribution is 2.39. The van der Waals surface area contributed by atoms with E-state index < -0.39 is 0 Å². The van der Waals surface area contributed by atoms with Crippen LogP contribution in [0, 0.1) is 5.82 Å². The molecule has 0 saturated heterocycles. The molecule has 88 valence electrons. The van der Waals surface area contributed by atoms with Gasteiger partial charge in [-0.3, -0.25) is 0 Å². The first-order chi connectivity index (χ1) is 8.19. The summed E-state index contributed by atoms with van der Waals surface area (Å²) < 4.78 is 13.2. The fraction of sp³-hybridized carbons (Fsp3) is 0.333. The van der Waals surface area contributed by atoms with E-state index in [1.807, 2.05) is 18.2 Å². The van der Waals surface area contributed by atoms with E-state index in [-0.39, 0.29) is 11.4 Å². The summed E-state index contributed by atoms with van der Waals surface area (Å²) in [5, 5.41) is 2.04. The number of nitrogens with two attached hydrogens (primary N) is 1. The monoisotopic (exact) mass is 229 g/mol. The molecule has 1 aliphatic rings. The van der Waals surface area contributed by atoms with Gasteiger partial charge in [0.2, 0.25) is 0 Å². The van der Waals surface area contributed by atoms with Gasteiger partial charge in [0.05, 0.1) is 0 Å². The molecule has 2 N–H and O–H groups in total. The Hall–Kier alpha value is -1.41. The van der Waals surface area contributed by atoms with Crippen LogP contribution in [0.25, 0.3) is 10.8 Å². The average Bonchev–Trinajstić information content (AvgIpc) is 2.76. The molecule has 17 heavy (non-hydrogen) atoms. The molecule has 2 heteroatoms. The second-order valence-corrected chi connectivity index (χ2v) is 5.03. The van der Waals surface area contributed by atoms with Gasteiger partial charge in [-0.2, -0.15) is 0 Å². The van der Waals surface area contributed by atoms with Crippen LogP contribution in [0.4, 0.5) is 4.39 Å². The van der Waals surface area contributed by atoms with Crippen LogP contribution in [-0.4, -0.2) is 0 Å². The number of halogens is 1. The minimum absolute atomic E-state index is 0.188. The number of benzene rings is 2. The summed E-state index contributed by atoms with van der Waals surface area (Å²) >= 11 is 0. The Labute approximate surface area is 100 Å². The molecule has 3 rings (SSSR count). The van der Waals surface area contributed by atoms with Crippen LogP contribution in [0.3, 0.4) is 0 Å². The maximum absolute atomic E-state index is 13.2. The first-order valence-corrected chi connectivity index (χ1v) is 6.17. The molecule has 1 fully saturated rings. The van der Waals surface area contributed by atoms with E-state index in [0.717, 1.165) is 23.6 Å². The van der Waals surface area contributed by atoms with Crippen molar-refractivity contribution in [3.05, 3.63) is 47.8 Å². The van der Waals surface area contributed by atoms with Crippen molar-refractivity contribution in [2.75, 3.05) is 0 Å². The Morgan fingerprint density at radius 3 is 2.59 bits per heavy atom. The minimum atomic E-state index is -0.211. The normalized spacial score (nSPS) is 18.7. The van der Waals surface area contributed by atoms with Crippen LogP contribution in [0.2, 0.25) is 0 Å². The van der Waals surface area contributed by atoms with E-state index in [1.165, 1.54) is 24.5 Å². The second kappa shape index (κ2) is 3.81. The van der Waals surface area contributed by atoms with Crippen LogP contribution in [-0.2, 0) is 5.54 Å². The summed E-state index contributed by atoms with van der Waals surface area (Å²) in [6, 6.07) is 11.0. The molecule has 0 aliphatic heterocycles. The Kier molecular flexibility index (Phi) is 2.40. The van der Waals surface area contributed by atoms with Gasteiger partial charge >= 0.3 is 0 Å². The molecule has 2 aromatic carbocycles. The predicted molar refractivity (Wildman–Crippen MR) is 68.2 cm³/mol. The van der Waals surface area contributed by atoms with Gasteiger partial charge in [0.25, 0.3) is 0 Å². The Balaban J connectivity index is 2.23. The van der Waals surface area contributed by atoms with E-state index in [1.54, 1.807) is 6.07 Å². The maximum atomic E-state index is 13.2. The van der Waals surface area contributed by atoms with Crippen LogP contribution >= 0.6 is 0 Å². The van der Waals surface area contributed by atoms with E-state index >= 15 is 0 Å². The molecule has 1 nitrogen and oxygen atoms in total. The van der Waals surface area contributed by atoms with Gasteiger partial charge in [0.15, 0.2) is 0 Å². The quantitative estimate of drug-likeness (QED) is 0.792. The SMILES string of the molecule is NC1(c2cccc3cc(F)ccc23)CCCC1. The fourth-order valence-corrected chi connectivity index (χ4v) is 2.96. The lowest BCUT2D eigenvalue weighted by molar-refractivity contribution is 0.466. The lowest BCUT2D eigenvalue weighted by Gasteiger charge is -2.25. The van der Waals surface area contributed by atoms with E-state index in [0.29, 0.717) is 0 Å². The molecule has 0 atom stereocenters. The molecule has 0 bridgehead atoms. The summed E-state index contributed by atoms with van der Waals surface area (Å²) in [6.45, 7) is 0. The van der Waals surface area contributed by atoms with Crippen molar-refractivity contribution in [2.24, 2.45) is 5.73 Å². The van der Waals surface area contributed by atoms with Gasteiger partial charge in [-0.1, -0.05) is 37.1 Å². The Morgan fingerprint density at radius 2 is 1.82 bits per heavy atom. The van der Waals surface area contributed by atoms with Gasteiger partial charge < -0.3 is 5.73 Å². The molecule has 0 radical (unpaired) electrons. The molecule has 2 aromatic rings. The molecular formula is C15H16FN. The van der Waals surface area contributed by atoms with Crippen LogP contribution in [0.1, 0.15) is 31.2 Å². The third kappa shape index (κ3) is 1.73. The Morgan fingerprint density at radius 1 is 1.06 bits per heavy atom. The molecule has 1 aliphatic carbocycles. The smallest absolute Gasteiger partial charge is 0.123 e. The summed E-state index contributed by atoms with van der Waals surface area (Å²) in [4.78, 5) is 0. The lowest BCUT2D eigenvalue weighted by atomic mass is 9.86. The zero-order valence-electron chi connectivity index (χ0n) is 9.75. The van der Waals surface area contributed by atoms with Crippen LogP contribution in [0.15, 0.2) is 36.4 Å². The zero-order chi connectivity index (χ0) is 11.9. The van der Waals surface area contributed by atoms with Crippen molar-refractivity contribution < 1.29 is 4.39 Å². The summed E-state index contributed by atoms with van der Waals surface area (Å²) in [7, 11) is 0. The van der Waals surface area contributed by atoms with Crippen molar-refractivity contribution in [3.63, 3.8) is 0 Å². The highest BCUT2D eigenvalue weighted by molar-refractivity contribution is 5.86. The molecule has 0 unspecified atom stereocenters. The first-order valence-electron chi connectivity index (χ1n) is 6.17. The van der Waals surface area contributed by atoms with Crippen LogP contribution < -0.4 is 5.73 Å². The minimum Gasteiger partial charge on any atom is -0.321 e. The molecule has 0 spiro atoms. The van der Waals surface area contributed by atoms with Gasteiger partial charge in [0, 0.05) is 5.54 Å². The Bertz CT molecular complexity index is 556. The largest absolute Gasteiger partial charge is 0.321 e. The summed E-state index contributed by atoms with van der Waals surface area (Å²) in [5.74, 6) is -0.188. The fourth-order valence-electron chi connectivity index (χ4n) is 2.96. The van der Waals surface area contributed by atoms with Crippen LogP contribution in [0.5, 0.6) is 0 Å². The molecule has 1 saturated carbocycles. The van der Waals surface area contributed by atoms with Crippen molar-refractivity contribution in [1.82, 2.24) is 0 Å². The predicted octanol–water partition coefficient (Wildman–Crippen LogP) is 3.71. The van der Waals surface area contributed by atoms with Gasteiger partial charge in [-0.15, -0.1) is 0 Å². The van der Waals surface area contributed by atoms with Gasteiger partial charge in [-0.05, 0) is 41.3 Å². The molecule has 0 aromatic heterocycles. The van der Waals surface area contributed by atoms with Gasteiger partial charge in [-0.25, -0.2) is 4.39 Å². The highest BCUT2D eigenvalue weighted by Gasteiger charge is 2.32. The first kappa shape index (κ1) is 10.7. The lowest BCUT2D eigenvalue weighted by Crippen LogP contribution is -2.33. The number of hydrogen-bond donors (Lipinski definition) is 1. The second-order valence-electron chi connectivity index (χ2n) is 5.03. The third-order valence-electron chi connectivity index (χ3n) is 3.87. The zero-order valence-corrected chi connectivity index (χ0v) is 9.75.